The molecule has 0 aliphatic carbocycles. The molecule has 0 spiro atoms. The van der Waals surface area contributed by atoms with Gasteiger partial charge in [-0.15, -0.1) is 6.58 Å². The van der Waals surface area contributed by atoms with E-state index in [9.17, 15) is 8.78 Å². The molecule has 1 aromatic carbocycles. The predicted molar refractivity (Wildman–Crippen MR) is 52.7 cm³/mol. The molecule has 14 heavy (non-hydrogen) atoms. The second kappa shape index (κ2) is 3.88. The van der Waals surface area contributed by atoms with E-state index in [-0.39, 0.29) is 5.56 Å². The van der Waals surface area contributed by atoms with Gasteiger partial charge in [0.15, 0.2) is 0 Å². The van der Waals surface area contributed by atoms with Crippen LogP contribution in [0.25, 0.3) is 0 Å². The Bertz CT molecular complexity index is 345. The highest BCUT2D eigenvalue weighted by molar-refractivity contribution is 5.26. The summed E-state index contributed by atoms with van der Waals surface area (Å²) < 4.78 is 26.2. The fourth-order valence-corrected chi connectivity index (χ4v) is 1.34. The Morgan fingerprint density at radius 3 is 2.71 bits per heavy atom. The van der Waals surface area contributed by atoms with E-state index >= 15 is 0 Å². The third kappa shape index (κ3) is 2.17. The van der Waals surface area contributed by atoms with Gasteiger partial charge in [-0.3, -0.25) is 0 Å². The predicted octanol–water partition coefficient (Wildman–Crippen LogP) is 2.71. The Morgan fingerprint density at radius 2 is 2.14 bits per heavy atom. The Hall–Kier alpha value is -1.22. The molecule has 1 unspecified atom stereocenters. The fraction of sp³-hybridized carbons (Fsp3) is 0.273. The third-order valence-corrected chi connectivity index (χ3v) is 2.11. The minimum atomic E-state index is -0.909. The Morgan fingerprint density at radius 1 is 1.50 bits per heavy atom. The van der Waals surface area contributed by atoms with Crippen LogP contribution in [-0.2, 0) is 5.54 Å². The zero-order valence-electron chi connectivity index (χ0n) is 8.06. The van der Waals surface area contributed by atoms with Gasteiger partial charge in [0.2, 0.25) is 0 Å². The highest BCUT2D eigenvalue weighted by atomic mass is 19.1. The second-order valence-electron chi connectivity index (χ2n) is 3.53. The first-order chi connectivity index (χ1) is 6.47. The molecular formula is C11H13F2N. The number of hydrogen-bond donors (Lipinski definition) is 1. The molecule has 0 saturated carbocycles. The van der Waals surface area contributed by atoms with Gasteiger partial charge in [0.1, 0.15) is 11.6 Å². The fourth-order valence-electron chi connectivity index (χ4n) is 1.34. The normalized spacial score (nSPS) is 14.9. The van der Waals surface area contributed by atoms with Crippen molar-refractivity contribution in [3.05, 3.63) is 48.1 Å². The minimum absolute atomic E-state index is 0.178. The van der Waals surface area contributed by atoms with Crippen LogP contribution in [0.2, 0.25) is 0 Å². The molecule has 1 nitrogen and oxygen atoms in total. The molecule has 0 aliphatic heterocycles. The van der Waals surface area contributed by atoms with Crippen LogP contribution in [0.1, 0.15) is 18.9 Å². The molecule has 1 aromatic rings. The smallest absolute Gasteiger partial charge is 0.128 e. The molecule has 2 N–H and O–H groups in total. The lowest BCUT2D eigenvalue weighted by Gasteiger charge is -2.24. The number of benzene rings is 1. The van der Waals surface area contributed by atoms with Crippen molar-refractivity contribution in [1.29, 1.82) is 0 Å². The summed E-state index contributed by atoms with van der Waals surface area (Å²) in [6.07, 6.45) is 1.98. The topological polar surface area (TPSA) is 26.0 Å². The summed E-state index contributed by atoms with van der Waals surface area (Å²) in [5.41, 5.74) is 5.11. The lowest BCUT2D eigenvalue weighted by atomic mass is 9.89. The first kappa shape index (κ1) is 10.9. The summed E-state index contributed by atoms with van der Waals surface area (Å²) in [5.74, 6) is -0.972. The van der Waals surface area contributed by atoms with Crippen LogP contribution in [0.4, 0.5) is 8.78 Å². The van der Waals surface area contributed by atoms with Crippen molar-refractivity contribution >= 4 is 0 Å². The van der Waals surface area contributed by atoms with Crippen molar-refractivity contribution in [1.82, 2.24) is 0 Å². The molecule has 0 amide bonds. The number of hydrogen-bond acceptors (Lipinski definition) is 1. The van der Waals surface area contributed by atoms with E-state index in [1.54, 1.807) is 13.0 Å². The molecule has 0 bridgehead atoms. The standard InChI is InChI=1S/C11H13F2N/c1-3-6-11(2,14)9-7-8(12)4-5-10(9)13/h3-5,7H,1,6,14H2,2H3. The van der Waals surface area contributed by atoms with Crippen LogP contribution < -0.4 is 5.73 Å². The minimum Gasteiger partial charge on any atom is -0.321 e. The van der Waals surface area contributed by atoms with Gasteiger partial charge >= 0.3 is 0 Å². The van der Waals surface area contributed by atoms with Crippen molar-refractivity contribution in [2.45, 2.75) is 18.9 Å². The van der Waals surface area contributed by atoms with Gasteiger partial charge in [0, 0.05) is 11.1 Å². The largest absolute Gasteiger partial charge is 0.321 e. The molecular weight excluding hydrogens is 184 g/mol. The van der Waals surface area contributed by atoms with Crippen LogP contribution in [0.5, 0.6) is 0 Å². The lowest BCUT2D eigenvalue weighted by molar-refractivity contribution is 0.459. The van der Waals surface area contributed by atoms with E-state index in [1.165, 1.54) is 0 Å². The highest BCUT2D eigenvalue weighted by Crippen LogP contribution is 2.25. The molecule has 0 saturated heterocycles. The Kier molecular flexibility index (Phi) is 3.01. The molecule has 3 heteroatoms. The van der Waals surface area contributed by atoms with Crippen molar-refractivity contribution < 1.29 is 8.78 Å². The monoisotopic (exact) mass is 197 g/mol. The zero-order chi connectivity index (χ0) is 10.8. The van der Waals surface area contributed by atoms with Crippen molar-refractivity contribution in [3.8, 4) is 0 Å². The summed E-state index contributed by atoms with van der Waals surface area (Å²) in [4.78, 5) is 0. The van der Waals surface area contributed by atoms with E-state index < -0.39 is 17.2 Å². The number of halogens is 2. The molecule has 1 atom stereocenters. The van der Waals surface area contributed by atoms with Gasteiger partial charge in [-0.05, 0) is 31.5 Å². The molecule has 0 radical (unpaired) electrons. The molecule has 0 heterocycles. The molecule has 76 valence electrons. The van der Waals surface area contributed by atoms with Gasteiger partial charge in [0.05, 0.1) is 0 Å². The van der Waals surface area contributed by atoms with Crippen molar-refractivity contribution in [2.24, 2.45) is 5.73 Å². The first-order valence-corrected chi connectivity index (χ1v) is 4.32. The average Bonchev–Trinajstić information content (AvgIpc) is 2.09. The maximum absolute atomic E-state index is 13.3. The van der Waals surface area contributed by atoms with Crippen LogP contribution in [-0.4, -0.2) is 0 Å². The van der Waals surface area contributed by atoms with Crippen LogP contribution >= 0.6 is 0 Å². The maximum atomic E-state index is 13.3. The summed E-state index contributed by atoms with van der Waals surface area (Å²) in [6, 6.07) is 3.28. The van der Waals surface area contributed by atoms with Crippen molar-refractivity contribution in [3.63, 3.8) is 0 Å². The number of nitrogens with two attached hydrogens (primary N) is 1. The van der Waals surface area contributed by atoms with Gasteiger partial charge in [-0.25, -0.2) is 8.78 Å². The SMILES string of the molecule is C=CCC(C)(N)c1cc(F)ccc1F. The van der Waals surface area contributed by atoms with E-state index in [2.05, 4.69) is 6.58 Å². The first-order valence-electron chi connectivity index (χ1n) is 4.32. The van der Waals surface area contributed by atoms with Crippen LogP contribution in [0, 0.1) is 11.6 Å². The second-order valence-corrected chi connectivity index (χ2v) is 3.53. The third-order valence-electron chi connectivity index (χ3n) is 2.11. The van der Waals surface area contributed by atoms with Gasteiger partial charge in [-0.1, -0.05) is 6.08 Å². The van der Waals surface area contributed by atoms with Crippen molar-refractivity contribution in [2.75, 3.05) is 0 Å². The van der Waals surface area contributed by atoms with Crippen LogP contribution in [0.3, 0.4) is 0 Å². The average molecular weight is 197 g/mol. The van der Waals surface area contributed by atoms with E-state index in [1.807, 2.05) is 0 Å². The maximum Gasteiger partial charge on any atom is 0.128 e. The van der Waals surface area contributed by atoms with E-state index in [0.29, 0.717) is 6.42 Å². The summed E-state index contributed by atoms with van der Waals surface area (Å²) in [6.45, 7) is 5.17. The number of rotatable bonds is 3. The zero-order valence-corrected chi connectivity index (χ0v) is 8.06. The molecule has 0 fully saturated rings. The van der Waals surface area contributed by atoms with Gasteiger partial charge < -0.3 is 5.73 Å². The highest BCUT2D eigenvalue weighted by Gasteiger charge is 2.23. The quantitative estimate of drug-likeness (QED) is 0.741. The summed E-state index contributed by atoms with van der Waals surface area (Å²) >= 11 is 0. The van der Waals surface area contributed by atoms with E-state index in [0.717, 1.165) is 18.2 Å². The Balaban J connectivity index is 3.16. The summed E-state index contributed by atoms with van der Waals surface area (Å²) in [5, 5.41) is 0. The molecule has 0 aliphatic rings. The van der Waals surface area contributed by atoms with Crippen LogP contribution in [0.15, 0.2) is 30.9 Å². The summed E-state index contributed by atoms with van der Waals surface area (Å²) in [7, 11) is 0. The van der Waals surface area contributed by atoms with Gasteiger partial charge in [-0.2, -0.15) is 0 Å². The molecule has 0 aromatic heterocycles. The van der Waals surface area contributed by atoms with Gasteiger partial charge in [0.25, 0.3) is 0 Å². The van der Waals surface area contributed by atoms with E-state index in [4.69, 9.17) is 5.73 Å². The molecule has 1 rings (SSSR count). The Labute approximate surface area is 82.2 Å². The lowest BCUT2D eigenvalue weighted by Crippen LogP contribution is -2.33.